The van der Waals surface area contributed by atoms with Crippen LogP contribution in [-0.4, -0.2) is 47.1 Å². The van der Waals surface area contributed by atoms with Gasteiger partial charge in [0.25, 0.3) is 0 Å². The van der Waals surface area contributed by atoms with Crippen molar-refractivity contribution in [3.05, 3.63) is 48.8 Å². The molecule has 0 saturated carbocycles. The van der Waals surface area contributed by atoms with Crippen molar-refractivity contribution >= 4 is 17.7 Å². The molecule has 0 aliphatic carbocycles. The van der Waals surface area contributed by atoms with Crippen LogP contribution in [0.2, 0.25) is 0 Å². The third kappa shape index (κ3) is 4.20. The highest BCUT2D eigenvalue weighted by Gasteiger charge is 2.30. The number of hydrogen-bond donors (Lipinski definition) is 0. The Kier molecular flexibility index (Phi) is 4.93. The van der Waals surface area contributed by atoms with Crippen molar-refractivity contribution in [1.82, 2.24) is 9.88 Å². The highest BCUT2D eigenvalue weighted by Crippen LogP contribution is 2.25. The minimum absolute atomic E-state index is 0.0199. The van der Waals surface area contributed by atoms with E-state index in [1.165, 1.54) is 4.90 Å². The summed E-state index contributed by atoms with van der Waals surface area (Å²) >= 11 is 0. The van der Waals surface area contributed by atoms with E-state index < -0.39 is 11.7 Å². The van der Waals surface area contributed by atoms with E-state index >= 15 is 0 Å². The van der Waals surface area contributed by atoms with Gasteiger partial charge in [-0.15, -0.1) is 0 Å². The van der Waals surface area contributed by atoms with Gasteiger partial charge >= 0.3 is 6.09 Å². The Labute approximate surface area is 153 Å². The van der Waals surface area contributed by atoms with Crippen molar-refractivity contribution in [2.24, 2.45) is 0 Å². The predicted molar refractivity (Wildman–Crippen MR) is 99.8 cm³/mol. The number of nitrogens with zero attached hydrogens (tertiary/aromatic N) is 3. The van der Waals surface area contributed by atoms with Gasteiger partial charge in [-0.1, -0.05) is 18.2 Å². The molecule has 2 aromatic rings. The third-order valence-electron chi connectivity index (χ3n) is 4.03. The first-order valence-corrected chi connectivity index (χ1v) is 8.62. The molecule has 1 aliphatic rings. The van der Waals surface area contributed by atoms with Crippen LogP contribution in [0.15, 0.2) is 48.8 Å². The van der Waals surface area contributed by atoms with Crippen LogP contribution in [0, 0.1) is 0 Å². The lowest BCUT2D eigenvalue weighted by Crippen LogP contribution is -2.53. The van der Waals surface area contributed by atoms with Crippen molar-refractivity contribution in [2.45, 2.75) is 26.4 Å². The lowest BCUT2D eigenvalue weighted by Gasteiger charge is -2.35. The van der Waals surface area contributed by atoms with E-state index in [1.54, 1.807) is 17.3 Å². The molecular weight excluding hydrogens is 330 g/mol. The van der Waals surface area contributed by atoms with Crippen LogP contribution in [0.4, 0.5) is 10.5 Å². The first-order chi connectivity index (χ1) is 12.3. The molecule has 1 aliphatic heterocycles. The van der Waals surface area contributed by atoms with E-state index in [4.69, 9.17) is 4.74 Å². The monoisotopic (exact) mass is 353 g/mol. The summed E-state index contributed by atoms with van der Waals surface area (Å²) in [6, 6.07) is 11.6. The first kappa shape index (κ1) is 17.9. The van der Waals surface area contributed by atoms with Crippen LogP contribution in [0.25, 0.3) is 11.1 Å². The molecule has 0 bridgehead atoms. The van der Waals surface area contributed by atoms with E-state index in [2.05, 4.69) is 4.98 Å². The SMILES string of the molecule is CC(C)(C)OC(=O)N1CCN(c2cccc(-c3cccnc3)c2)C(=O)C1. The van der Waals surface area contributed by atoms with Gasteiger partial charge in [0.15, 0.2) is 0 Å². The second-order valence-corrected chi connectivity index (χ2v) is 7.24. The Morgan fingerprint density at radius 3 is 2.54 bits per heavy atom. The first-order valence-electron chi connectivity index (χ1n) is 8.62. The predicted octanol–water partition coefficient (Wildman–Crippen LogP) is 3.33. The Balaban J connectivity index is 1.72. The topological polar surface area (TPSA) is 62.7 Å². The van der Waals surface area contributed by atoms with Crippen LogP contribution in [-0.2, 0) is 9.53 Å². The molecule has 6 nitrogen and oxygen atoms in total. The van der Waals surface area contributed by atoms with E-state index in [-0.39, 0.29) is 12.5 Å². The molecule has 0 spiro atoms. The summed E-state index contributed by atoms with van der Waals surface area (Å²) in [5.74, 6) is -0.120. The molecule has 0 N–H and O–H groups in total. The molecule has 1 aromatic carbocycles. The Morgan fingerprint density at radius 1 is 1.12 bits per heavy atom. The lowest BCUT2D eigenvalue weighted by molar-refractivity contribution is -0.121. The van der Waals surface area contributed by atoms with Crippen LogP contribution in [0.1, 0.15) is 20.8 Å². The zero-order chi connectivity index (χ0) is 18.7. The number of rotatable bonds is 2. The smallest absolute Gasteiger partial charge is 0.410 e. The number of anilines is 1. The average Bonchev–Trinajstić information content (AvgIpc) is 2.61. The Hall–Kier alpha value is -2.89. The minimum atomic E-state index is -0.574. The summed E-state index contributed by atoms with van der Waals surface area (Å²) in [6.07, 6.45) is 3.07. The van der Waals surface area contributed by atoms with Crippen molar-refractivity contribution < 1.29 is 14.3 Å². The van der Waals surface area contributed by atoms with Gasteiger partial charge in [-0.2, -0.15) is 0 Å². The fraction of sp³-hybridized carbons (Fsp3) is 0.350. The summed E-state index contributed by atoms with van der Waals surface area (Å²) < 4.78 is 5.35. The second-order valence-electron chi connectivity index (χ2n) is 7.24. The summed E-state index contributed by atoms with van der Waals surface area (Å²) in [5, 5.41) is 0. The van der Waals surface area contributed by atoms with E-state index in [9.17, 15) is 9.59 Å². The molecular formula is C20H23N3O3. The Morgan fingerprint density at radius 2 is 1.88 bits per heavy atom. The summed E-state index contributed by atoms with van der Waals surface area (Å²) in [4.78, 5) is 32.1. The maximum atomic E-state index is 12.6. The van der Waals surface area contributed by atoms with Gasteiger partial charge in [0.1, 0.15) is 12.1 Å². The molecule has 3 rings (SSSR count). The largest absolute Gasteiger partial charge is 0.444 e. The number of ether oxygens (including phenoxy) is 1. The molecule has 1 fully saturated rings. The molecule has 26 heavy (non-hydrogen) atoms. The fourth-order valence-electron chi connectivity index (χ4n) is 2.82. The average molecular weight is 353 g/mol. The number of amides is 2. The third-order valence-corrected chi connectivity index (χ3v) is 4.03. The van der Waals surface area contributed by atoms with Gasteiger partial charge in [-0.25, -0.2) is 4.79 Å². The van der Waals surface area contributed by atoms with Crippen molar-refractivity contribution in [2.75, 3.05) is 24.5 Å². The van der Waals surface area contributed by atoms with Crippen molar-refractivity contribution in [3.8, 4) is 11.1 Å². The number of carbonyl (C=O) groups is 2. The summed E-state index contributed by atoms with van der Waals surface area (Å²) in [7, 11) is 0. The number of benzene rings is 1. The molecule has 2 heterocycles. The van der Waals surface area contributed by atoms with Crippen LogP contribution in [0.3, 0.4) is 0 Å². The highest BCUT2D eigenvalue weighted by atomic mass is 16.6. The number of aromatic nitrogens is 1. The standard InChI is InChI=1S/C20H23N3O3/c1-20(2,3)26-19(25)22-10-11-23(18(24)14-22)17-8-4-6-15(12-17)16-7-5-9-21-13-16/h4-9,12-13H,10-11,14H2,1-3H3. The van der Waals surface area contributed by atoms with Gasteiger partial charge in [-0.05, 0) is 44.5 Å². The number of carbonyl (C=O) groups excluding carboxylic acids is 2. The molecule has 0 radical (unpaired) electrons. The molecule has 1 saturated heterocycles. The van der Waals surface area contributed by atoms with E-state index in [0.29, 0.717) is 13.1 Å². The van der Waals surface area contributed by atoms with E-state index in [1.807, 2.05) is 57.2 Å². The van der Waals surface area contributed by atoms with Crippen LogP contribution in [0.5, 0.6) is 0 Å². The lowest BCUT2D eigenvalue weighted by atomic mass is 10.1. The molecule has 136 valence electrons. The molecule has 1 aromatic heterocycles. The number of pyridine rings is 1. The molecule has 6 heteroatoms. The molecule has 2 amide bonds. The summed E-state index contributed by atoms with van der Waals surface area (Å²) in [5.41, 5.74) is 2.24. The van der Waals surface area contributed by atoms with Crippen molar-refractivity contribution in [3.63, 3.8) is 0 Å². The summed E-state index contributed by atoms with van der Waals surface area (Å²) in [6.45, 7) is 6.34. The van der Waals surface area contributed by atoms with Crippen molar-refractivity contribution in [1.29, 1.82) is 0 Å². The second kappa shape index (κ2) is 7.15. The number of hydrogen-bond acceptors (Lipinski definition) is 4. The molecule has 0 atom stereocenters. The zero-order valence-corrected chi connectivity index (χ0v) is 15.3. The zero-order valence-electron chi connectivity index (χ0n) is 15.3. The quantitative estimate of drug-likeness (QED) is 0.831. The Bertz CT molecular complexity index is 799. The number of piperazine rings is 1. The van der Waals surface area contributed by atoms with Crippen LogP contribution >= 0.6 is 0 Å². The van der Waals surface area contributed by atoms with Crippen LogP contribution < -0.4 is 4.90 Å². The maximum absolute atomic E-state index is 12.6. The van der Waals surface area contributed by atoms with Gasteiger partial charge < -0.3 is 9.64 Å². The van der Waals surface area contributed by atoms with Gasteiger partial charge in [0.2, 0.25) is 5.91 Å². The maximum Gasteiger partial charge on any atom is 0.410 e. The minimum Gasteiger partial charge on any atom is -0.444 e. The van der Waals surface area contributed by atoms with Gasteiger partial charge in [0.05, 0.1) is 0 Å². The van der Waals surface area contributed by atoms with E-state index in [0.717, 1.165) is 16.8 Å². The van der Waals surface area contributed by atoms with Gasteiger partial charge in [0, 0.05) is 36.7 Å². The fourth-order valence-corrected chi connectivity index (χ4v) is 2.82. The van der Waals surface area contributed by atoms with Gasteiger partial charge in [-0.3, -0.25) is 14.7 Å². The normalized spacial score (nSPS) is 15.1. The highest BCUT2D eigenvalue weighted by molar-refractivity contribution is 5.97. The molecule has 0 unspecified atom stereocenters.